The van der Waals surface area contributed by atoms with Crippen molar-refractivity contribution in [1.82, 2.24) is 10.3 Å². The molecule has 0 unspecified atom stereocenters. The molecule has 1 aromatic heterocycles. The number of aromatic amines is 1. The molecule has 7 nitrogen and oxygen atoms in total. The summed E-state index contributed by atoms with van der Waals surface area (Å²) >= 11 is 0. The van der Waals surface area contributed by atoms with E-state index in [9.17, 15) is 14.9 Å². The van der Waals surface area contributed by atoms with Gasteiger partial charge in [0.25, 0.3) is 5.69 Å². The van der Waals surface area contributed by atoms with E-state index < -0.39 is 22.7 Å². The third kappa shape index (κ3) is 5.13. The van der Waals surface area contributed by atoms with Gasteiger partial charge >= 0.3 is 6.09 Å². The summed E-state index contributed by atoms with van der Waals surface area (Å²) < 4.78 is 5.41. The number of rotatable bonds is 5. The first kappa shape index (κ1) is 20.4. The molecule has 29 heavy (non-hydrogen) atoms. The van der Waals surface area contributed by atoms with E-state index in [0.717, 1.165) is 16.5 Å². The van der Waals surface area contributed by atoms with Gasteiger partial charge in [0, 0.05) is 17.1 Å². The van der Waals surface area contributed by atoms with Crippen LogP contribution in [0.1, 0.15) is 43.6 Å². The van der Waals surface area contributed by atoms with Gasteiger partial charge in [-0.25, -0.2) is 4.79 Å². The Labute approximate surface area is 169 Å². The molecule has 0 aliphatic heterocycles. The van der Waals surface area contributed by atoms with Crippen LogP contribution < -0.4 is 5.32 Å². The van der Waals surface area contributed by atoms with Crippen molar-refractivity contribution in [2.24, 2.45) is 0 Å². The second-order valence-corrected chi connectivity index (χ2v) is 8.12. The van der Waals surface area contributed by atoms with Gasteiger partial charge in [-0.15, -0.1) is 0 Å². The van der Waals surface area contributed by atoms with E-state index in [0.29, 0.717) is 17.6 Å². The highest BCUT2D eigenvalue weighted by atomic mass is 16.6. The molecule has 2 aromatic carbocycles. The summed E-state index contributed by atoms with van der Waals surface area (Å²) in [6.07, 6.45) is -0.0255. The highest BCUT2D eigenvalue weighted by Crippen LogP contribution is 2.30. The molecule has 0 saturated carbocycles. The number of nitro benzene ring substituents is 1. The average molecular weight is 395 g/mol. The molecular weight excluding hydrogens is 370 g/mol. The number of ether oxygens (including phenoxy) is 1. The minimum Gasteiger partial charge on any atom is -0.444 e. The van der Waals surface area contributed by atoms with Crippen LogP contribution >= 0.6 is 0 Å². The summed E-state index contributed by atoms with van der Waals surface area (Å²) in [4.78, 5) is 26.6. The summed E-state index contributed by atoms with van der Waals surface area (Å²) in [5.41, 5.74) is 2.34. The van der Waals surface area contributed by atoms with E-state index in [1.54, 1.807) is 20.8 Å². The Kier molecular flexibility index (Phi) is 5.59. The molecular formula is C22H25N3O4. The normalized spacial score (nSPS) is 12.6. The predicted octanol–water partition coefficient (Wildman–Crippen LogP) is 5.19. The van der Waals surface area contributed by atoms with Gasteiger partial charge < -0.3 is 15.0 Å². The first-order chi connectivity index (χ1) is 13.6. The molecule has 0 fully saturated rings. The fourth-order valence-electron chi connectivity index (χ4n) is 3.26. The van der Waals surface area contributed by atoms with Crippen LogP contribution in [-0.4, -0.2) is 21.6 Å². The zero-order chi connectivity index (χ0) is 21.2. The maximum absolute atomic E-state index is 12.4. The molecule has 0 aliphatic carbocycles. The standard InChI is InChI=1S/C22H25N3O4/c1-14-10-16-13-18(23-20(16)19(11-14)25(27)28)17(12-15-8-6-5-7-9-15)24-21(26)29-22(2,3)4/h5-11,13,17,23H,12H2,1-4H3,(H,24,26)/t17-/m1/s1. The van der Waals surface area contributed by atoms with Crippen LogP contribution in [0.25, 0.3) is 10.9 Å². The number of fused-ring (bicyclic) bond motifs is 1. The number of aromatic nitrogens is 1. The van der Waals surface area contributed by atoms with E-state index in [1.165, 1.54) is 6.07 Å². The smallest absolute Gasteiger partial charge is 0.408 e. The summed E-state index contributed by atoms with van der Waals surface area (Å²) in [6, 6.07) is 14.6. The number of nitrogens with zero attached hydrogens (tertiary/aromatic N) is 1. The molecule has 3 rings (SSSR count). The fraction of sp³-hybridized carbons (Fsp3) is 0.318. The third-order valence-corrected chi connectivity index (χ3v) is 4.42. The molecule has 0 bridgehead atoms. The number of alkyl carbamates (subject to hydrolysis) is 1. The number of aryl methyl sites for hydroxylation is 1. The average Bonchev–Trinajstić information content (AvgIpc) is 3.03. The quantitative estimate of drug-likeness (QED) is 0.459. The van der Waals surface area contributed by atoms with E-state index in [-0.39, 0.29) is 5.69 Å². The summed E-state index contributed by atoms with van der Waals surface area (Å²) in [7, 11) is 0. The topological polar surface area (TPSA) is 97.3 Å². The molecule has 152 valence electrons. The maximum atomic E-state index is 12.4. The molecule has 3 aromatic rings. The van der Waals surface area contributed by atoms with Crippen LogP contribution in [0, 0.1) is 17.0 Å². The minimum absolute atomic E-state index is 0.0157. The van der Waals surface area contributed by atoms with Crippen molar-refractivity contribution in [3.05, 3.63) is 75.5 Å². The number of nitrogens with one attached hydrogen (secondary N) is 2. The molecule has 7 heteroatoms. The summed E-state index contributed by atoms with van der Waals surface area (Å²) in [6.45, 7) is 7.22. The zero-order valence-electron chi connectivity index (χ0n) is 17.0. The number of carbonyl (C=O) groups is 1. The Balaban J connectivity index is 1.99. The second kappa shape index (κ2) is 7.95. The van der Waals surface area contributed by atoms with Crippen molar-refractivity contribution < 1.29 is 14.5 Å². The van der Waals surface area contributed by atoms with Crippen molar-refractivity contribution >= 4 is 22.7 Å². The number of H-pyrrole nitrogens is 1. The van der Waals surface area contributed by atoms with Gasteiger partial charge in [0.2, 0.25) is 0 Å². The van der Waals surface area contributed by atoms with Crippen molar-refractivity contribution in [1.29, 1.82) is 0 Å². The molecule has 2 N–H and O–H groups in total. The van der Waals surface area contributed by atoms with Gasteiger partial charge in [-0.1, -0.05) is 30.3 Å². The van der Waals surface area contributed by atoms with E-state index in [1.807, 2.05) is 49.4 Å². The molecule has 0 aliphatic rings. The number of hydrogen-bond donors (Lipinski definition) is 2. The number of hydrogen-bond acceptors (Lipinski definition) is 4. The largest absolute Gasteiger partial charge is 0.444 e. The molecule has 1 atom stereocenters. The van der Waals surface area contributed by atoms with E-state index in [2.05, 4.69) is 10.3 Å². The van der Waals surface area contributed by atoms with E-state index >= 15 is 0 Å². The summed E-state index contributed by atoms with van der Waals surface area (Å²) in [5.74, 6) is 0. The minimum atomic E-state index is -0.627. The van der Waals surface area contributed by atoms with Crippen molar-refractivity contribution in [2.75, 3.05) is 0 Å². The first-order valence-electron chi connectivity index (χ1n) is 9.43. The van der Waals surface area contributed by atoms with Crippen molar-refractivity contribution in [3.8, 4) is 0 Å². The van der Waals surface area contributed by atoms with Gasteiger partial charge in [-0.05, 0) is 57.4 Å². The Morgan fingerprint density at radius 3 is 2.52 bits per heavy atom. The first-order valence-corrected chi connectivity index (χ1v) is 9.43. The predicted molar refractivity (Wildman–Crippen MR) is 112 cm³/mol. The van der Waals surface area contributed by atoms with Crippen LogP contribution in [-0.2, 0) is 11.2 Å². The SMILES string of the molecule is Cc1cc([N+](=O)[O-])c2[nH]c([C@@H](Cc3ccccc3)NC(=O)OC(C)(C)C)cc2c1. The number of benzene rings is 2. The van der Waals surface area contributed by atoms with Crippen LogP contribution in [0.4, 0.5) is 10.5 Å². The molecule has 1 amide bonds. The van der Waals surface area contributed by atoms with Gasteiger partial charge in [0.1, 0.15) is 11.1 Å². The van der Waals surface area contributed by atoms with Gasteiger partial charge in [0.05, 0.1) is 11.0 Å². The van der Waals surface area contributed by atoms with Crippen LogP contribution in [0.15, 0.2) is 48.5 Å². The van der Waals surface area contributed by atoms with Crippen molar-refractivity contribution in [3.63, 3.8) is 0 Å². The third-order valence-electron chi connectivity index (χ3n) is 4.42. The van der Waals surface area contributed by atoms with Crippen molar-refractivity contribution in [2.45, 2.75) is 45.8 Å². The number of carbonyl (C=O) groups excluding carboxylic acids is 1. The highest BCUT2D eigenvalue weighted by Gasteiger charge is 2.24. The van der Waals surface area contributed by atoms with Crippen LogP contribution in [0.2, 0.25) is 0 Å². The molecule has 0 radical (unpaired) electrons. The Morgan fingerprint density at radius 2 is 1.90 bits per heavy atom. The molecule has 0 spiro atoms. The monoisotopic (exact) mass is 395 g/mol. The Hall–Kier alpha value is -3.35. The highest BCUT2D eigenvalue weighted by molar-refractivity contribution is 5.89. The van der Waals surface area contributed by atoms with E-state index in [4.69, 9.17) is 4.74 Å². The molecule has 1 heterocycles. The van der Waals surface area contributed by atoms with Crippen LogP contribution in [0.5, 0.6) is 0 Å². The summed E-state index contributed by atoms with van der Waals surface area (Å²) in [5, 5.41) is 15.1. The lowest BCUT2D eigenvalue weighted by Crippen LogP contribution is -2.35. The van der Waals surface area contributed by atoms with Gasteiger partial charge in [0.15, 0.2) is 0 Å². The number of nitro groups is 1. The maximum Gasteiger partial charge on any atom is 0.408 e. The molecule has 0 saturated heterocycles. The van der Waals surface area contributed by atoms with Gasteiger partial charge in [-0.2, -0.15) is 0 Å². The Morgan fingerprint density at radius 1 is 1.21 bits per heavy atom. The van der Waals surface area contributed by atoms with Crippen LogP contribution in [0.3, 0.4) is 0 Å². The Bertz CT molecular complexity index is 1040. The number of amides is 1. The fourth-order valence-corrected chi connectivity index (χ4v) is 3.26. The second-order valence-electron chi connectivity index (χ2n) is 8.12. The zero-order valence-corrected chi connectivity index (χ0v) is 17.0. The number of non-ortho nitro benzene ring substituents is 1. The lowest BCUT2D eigenvalue weighted by molar-refractivity contribution is -0.383. The lowest BCUT2D eigenvalue weighted by Gasteiger charge is -2.23. The van der Waals surface area contributed by atoms with Gasteiger partial charge in [-0.3, -0.25) is 10.1 Å². The lowest BCUT2D eigenvalue weighted by atomic mass is 10.0.